The van der Waals surface area contributed by atoms with Gasteiger partial charge in [-0.2, -0.15) is 4.52 Å². The maximum Gasteiger partial charge on any atom is 0.224 e. The molecular formula is C18H22N8O. The SMILES string of the molecule is Cc1nnc2ccc(NCCC(=O)N3CCN(c4ccccn4)CC3)nn12. The largest absolute Gasteiger partial charge is 0.368 e. The molecule has 27 heavy (non-hydrogen) atoms. The summed E-state index contributed by atoms with van der Waals surface area (Å²) >= 11 is 0. The highest BCUT2D eigenvalue weighted by molar-refractivity contribution is 5.77. The molecule has 3 aromatic heterocycles. The van der Waals surface area contributed by atoms with Crippen LogP contribution in [-0.2, 0) is 4.79 Å². The van der Waals surface area contributed by atoms with E-state index in [2.05, 4.69) is 30.5 Å². The summed E-state index contributed by atoms with van der Waals surface area (Å²) in [7, 11) is 0. The number of carbonyl (C=O) groups is 1. The first-order valence-electron chi connectivity index (χ1n) is 9.07. The Morgan fingerprint density at radius 2 is 1.96 bits per heavy atom. The minimum Gasteiger partial charge on any atom is -0.368 e. The van der Waals surface area contributed by atoms with Gasteiger partial charge in [0.2, 0.25) is 5.91 Å². The standard InChI is InChI=1S/C18H22N8O/c1-14-21-22-17-6-5-15(23-26(14)17)19-9-7-18(27)25-12-10-24(11-13-25)16-4-2-3-8-20-16/h2-6,8H,7,9-13H2,1H3,(H,19,23). The van der Waals surface area contributed by atoms with Crippen molar-refractivity contribution in [3.63, 3.8) is 0 Å². The van der Waals surface area contributed by atoms with Crippen LogP contribution in [0.5, 0.6) is 0 Å². The smallest absolute Gasteiger partial charge is 0.224 e. The third kappa shape index (κ3) is 3.81. The quantitative estimate of drug-likeness (QED) is 0.720. The van der Waals surface area contributed by atoms with Crippen LogP contribution in [0.1, 0.15) is 12.2 Å². The van der Waals surface area contributed by atoms with E-state index in [-0.39, 0.29) is 5.91 Å². The number of nitrogens with one attached hydrogen (secondary N) is 1. The molecule has 0 spiro atoms. The number of anilines is 2. The summed E-state index contributed by atoms with van der Waals surface area (Å²) < 4.78 is 1.68. The van der Waals surface area contributed by atoms with E-state index in [9.17, 15) is 4.79 Å². The summed E-state index contributed by atoms with van der Waals surface area (Å²) in [6.07, 6.45) is 2.23. The van der Waals surface area contributed by atoms with Gasteiger partial charge in [-0.1, -0.05) is 6.07 Å². The highest BCUT2D eigenvalue weighted by atomic mass is 16.2. The van der Waals surface area contributed by atoms with Crippen LogP contribution in [0.25, 0.3) is 5.65 Å². The summed E-state index contributed by atoms with van der Waals surface area (Å²) in [4.78, 5) is 21.0. The van der Waals surface area contributed by atoms with Gasteiger partial charge in [0, 0.05) is 45.3 Å². The third-order valence-electron chi connectivity index (χ3n) is 4.67. The zero-order valence-corrected chi connectivity index (χ0v) is 15.2. The Labute approximate surface area is 157 Å². The van der Waals surface area contributed by atoms with Crippen LogP contribution in [0, 0.1) is 6.92 Å². The third-order valence-corrected chi connectivity index (χ3v) is 4.67. The van der Waals surface area contributed by atoms with Crippen LogP contribution in [-0.4, -0.2) is 68.3 Å². The van der Waals surface area contributed by atoms with Gasteiger partial charge >= 0.3 is 0 Å². The summed E-state index contributed by atoms with van der Waals surface area (Å²) in [6, 6.07) is 9.60. The van der Waals surface area contributed by atoms with Gasteiger partial charge in [0.1, 0.15) is 11.6 Å². The number of rotatable bonds is 5. The Hall–Kier alpha value is -3.23. The van der Waals surface area contributed by atoms with Gasteiger partial charge in [0.15, 0.2) is 11.5 Å². The molecule has 9 nitrogen and oxygen atoms in total. The number of aryl methyl sites for hydroxylation is 1. The molecule has 1 saturated heterocycles. The number of hydrogen-bond acceptors (Lipinski definition) is 7. The molecule has 0 bridgehead atoms. The Morgan fingerprint density at radius 1 is 1.11 bits per heavy atom. The Kier molecular flexibility index (Phi) is 4.82. The first-order chi connectivity index (χ1) is 13.2. The van der Waals surface area contributed by atoms with Crippen molar-refractivity contribution in [2.24, 2.45) is 0 Å². The van der Waals surface area contributed by atoms with E-state index in [0.717, 1.165) is 37.8 Å². The van der Waals surface area contributed by atoms with E-state index >= 15 is 0 Å². The molecule has 0 aliphatic carbocycles. The van der Waals surface area contributed by atoms with E-state index in [1.54, 1.807) is 10.7 Å². The molecule has 4 rings (SSSR count). The molecule has 1 aliphatic rings. The van der Waals surface area contributed by atoms with E-state index in [1.807, 2.05) is 42.2 Å². The number of fused-ring (bicyclic) bond motifs is 1. The van der Waals surface area contributed by atoms with Crippen molar-refractivity contribution in [3.8, 4) is 0 Å². The molecule has 0 radical (unpaired) electrons. The number of piperazine rings is 1. The fraction of sp³-hybridized carbons (Fsp3) is 0.389. The molecule has 1 N–H and O–H groups in total. The average molecular weight is 366 g/mol. The second kappa shape index (κ2) is 7.56. The lowest BCUT2D eigenvalue weighted by Crippen LogP contribution is -2.49. The van der Waals surface area contributed by atoms with Gasteiger partial charge in [-0.25, -0.2) is 4.98 Å². The lowest BCUT2D eigenvalue weighted by atomic mass is 10.2. The van der Waals surface area contributed by atoms with Crippen molar-refractivity contribution in [2.45, 2.75) is 13.3 Å². The summed E-state index contributed by atoms with van der Waals surface area (Å²) in [5.41, 5.74) is 0.708. The Bertz CT molecular complexity index is 918. The molecule has 1 amide bonds. The number of hydrogen-bond donors (Lipinski definition) is 1. The average Bonchev–Trinajstić information content (AvgIpc) is 3.09. The minimum atomic E-state index is 0.157. The van der Waals surface area contributed by atoms with Crippen molar-refractivity contribution in [1.29, 1.82) is 0 Å². The fourth-order valence-electron chi connectivity index (χ4n) is 3.17. The van der Waals surface area contributed by atoms with Crippen LogP contribution >= 0.6 is 0 Å². The Morgan fingerprint density at radius 3 is 2.74 bits per heavy atom. The highest BCUT2D eigenvalue weighted by Gasteiger charge is 2.21. The topological polar surface area (TPSA) is 91.5 Å². The van der Waals surface area contributed by atoms with Crippen LogP contribution in [0.4, 0.5) is 11.6 Å². The second-order valence-corrected chi connectivity index (χ2v) is 6.47. The van der Waals surface area contributed by atoms with Gasteiger partial charge in [-0.05, 0) is 31.2 Å². The fourth-order valence-corrected chi connectivity index (χ4v) is 3.17. The van der Waals surface area contributed by atoms with Crippen molar-refractivity contribution in [1.82, 2.24) is 29.7 Å². The maximum atomic E-state index is 12.5. The molecule has 3 aromatic rings. The van der Waals surface area contributed by atoms with Crippen LogP contribution < -0.4 is 10.2 Å². The molecule has 4 heterocycles. The van der Waals surface area contributed by atoms with Crippen LogP contribution in [0.3, 0.4) is 0 Å². The first kappa shape index (κ1) is 17.2. The number of aromatic nitrogens is 5. The molecular weight excluding hydrogens is 344 g/mol. The minimum absolute atomic E-state index is 0.157. The van der Waals surface area contributed by atoms with E-state index in [1.165, 1.54) is 0 Å². The lowest BCUT2D eigenvalue weighted by molar-refractivity contribution is -0.131. The van der Waals surface area contributed by atoms with Crippen molar-refractivity contribution >= 4 is 23.2 Å². The maximum absolute atomic E-state index is 12.5. The van der Waals surface area contributed by atoms with E-state index in [4.69, 9.17) is 0 Å². The molecule has 0 aromatic carbocycles. The van der Waals surface area contributed by atoms with Gasteiger partial charge < -0.3 is 15.1 Å². The predicted molar refractivity (Wildman–Crippen MR) is 102 cm³/mol. The van der Waals surface area contributed by atoms with Crippen molar-refractivity contribution in [3.05, 3.63) is 42.4 Å². The van der Waals surface area contributed by atoms with Gasteiger partial charge in [0.25, 0.3) is 0 Å². The summed E-state index contributed by atoms with van der Waals surface area (Å²) in [6.45, 7) is 5.45. The van der Waals surface area contributed by atoms with E-state index < -0.39 is 0 Å². The normalized spacial score (nSPS) is 14.6. The van der Waals surface area contributed by atoms with Gasteiger partial charge in [-0.3, -0.25) is 4.79 Å². The molecule has 140 valence electrons. The molecule has 0 unspecified atom stereocenters. The first-order valence-corrected chi connectivity index (χ1v) is 9.07. The number of pyridine rings is 1. The van der Waals surface area contributed by atoms with Crippen LogP contribution in [0.15, 0.2) is 36.5 Å². The molecule has 1 fully saturated rings. The Balaban J connectivity index is 1.25. The molecule has 0 atom stereocenters. The van der Waals surface area contributed by atoms with Crippen molar-refractivity contribution in [2.75, 3.05) is 42.9 Å². The zero-order chi connectivity index (χ0) is 18.6. The highest BCUT2D eigenvalue weighted by Crippen LogP contribution is 2.13. The summed E-state index contributed by atoms with van der Waals surface area (Å²) in [5, 5.41) is 15.6. The monoisotopic (exact) mass is 366 g/mol. The second-order valence-electron chi connectivity index (χ2n) is 6.47. The summed E-state index contributed by atoms with van der Waals surface area (Å²) in [5.74, 6) is 2.57. The van der Waals surface area contributed by atoms with Gasteiger partial charge in [-0.15, -0.1) is 15.3 Å². The van der Waals surface area contributed by atoms with Crippen molar-refractivity contribution < 1.29 is 4.79 Å². The number of nitrogens with zero attached hydrogens (tertiary/aromatic N) is 7. The molecule has 1 aliphatic heterocycles. The van der Waals surface area contributed by atoms with E-state index in [0.29, 0.717) is 24.4 Å². The van der Waals surface area contributed by atoms with Crippen LogP contribution in [0.2, 0.25) is 0 Å². The molecule has 0 saturated carbocycles. The zero-order valence-electron chi connectivity index (χ0n) is 15.2. The van der Waals surface area contributed by atoms with Gasteiger partial charge in [0.05, 0.1) is 0 Å². The lowest BCUT2D eigenvalue weighted by Gasteiger charge is -2.35. The molecule has 9 heteroatoms. The number of carbonyl (C=O) groups excluding carboxylic acids is 1. The number of amides is 1. The predicted octanol–water partition coefficient (Wildman–Crippen LogP) is 0.979.